The van der Waals surface area contributed by atoms with E-state index in [1.807, 2.05) is 0 Å². The Morgan fingerprint density at radius 2 is 2.15 bits per heavy atom. The van der Waals surface area contributed by atoms with Crippen LogP contribution in [-0.2, 0) is 9.59 Å². The van der Waals surface area contributed by atoms with Gasteiger partial charge < -0.3 is 19.2 Å². The molecule has 0 saturated carbocycles. The molecule has 4 rings (SSSR count). The van der Waals surface area contributed by atoms with Gasteiger partial charge in [0, 0.05) is 30.8 Å². The first-order valence-electron chi connectivity index (χ1n) is 8.08. The average Bonchev–Trinajstić information content (AvgIpc) is 3.36. The molecule has 2 amide bonds. The van der Waals surface area contributed by atoms with Gasteiger partial charge in [-0.15, -0.1) is 0 Å². The lowest BCUT2D eigenvalue weighted by atomic mass is 10.2. The summed E-state index contributed by atoms with van der Waals surface area (Å²) in [6, 6.07) is 8.67. The number of amides is 2. The van der Waals surface area contributed by atoms with Crippen molar-refractivity contribution < 1.29 is 23.5 Å². The van der Waals surface area contributed by atoms with Crippen molar-refractivity contribution in [2.45, 2.75) is 6.42 Å². The Hall–Kier alpha value is -2.78. The SMILES string of the molecule is O=C(CCN1C(=O)/C(=C\c2ccco2)SC1=S)Nc1ccc2c(c1)OCO2. The number of hydrogen-bond acceptors (Lipinski definition) is 7. The molecule has 0 radical (unpaired) electrons. The molecule has 0 unspecified atom stereocenters. The van der Waals surface area contributed by atoms with E-state index in [0.717, 1.165) is 0 Å². The number of nitrogens with zero attached hydrogens (tertiary/aromatic N) is 1. The first-order valence-corrected chi connectivity index (χ1v) is 9.31. The molecule has 2 aromatic rings. The van der Waals surface area contributed by atoms with Gasteiger partial charge in [0.25, 0.3) is 5.91 Å². The van der Waals surface area contributed by atoms with Gasteiger partial charge in [0.2, 0.25) is 12.7 Å². The Morgan fingerprint density at radius 3 is 2.96 bits per heavy atom. The molecule has 1 fully saturated rings. The maximum Gasteiger partial charge on any atom is 0.266 e. The Balaban J connectivity index is 1.35. The number of carbonyl (C=O) groups is 2. The topological polar surface area (TPSA) is 81.0 Å². The fourth-order valence-corrected chi connectivity index (χ4v) is 3.90. The van der Waals surface area contributed by atoms with E-state index in [1.165, 1.54) is 22.9 Å². The Kier molecular flexibility index (Phi) is 4.87. The lowest BCUT2D eigenvalue weighted by Gasteiger charge is -2.14. The monoisotopic (exact) mass is 402 g/mol. The van der Waals surface area contributed by atoms with Crippen molar-refractivity contribution in [3.63, 3.8) is 0 Å². The minimum Gasteiger partial charge on any atom is -0.465 e. The number of thiocarbonyl (C=S) groups is 1. The van der Waals surface area contributed by atoms with E-state index < -0.39 is 0 Å². The van der Waals surface area contributed by atoms with E-state index in [4.69, 9.17) is 26.1 Å². The molecule has 1 aromatic carbocycles. The minimum atomic E-state index is -0.225. The number of hydrogen-bond donors (Lipinski definition) is 1. The molecule has 3 heterocycles. The highest BCUT2D eigenvalue weighted by atomic mass is 32.2. The number of nitrogens with one attached hydrogen (secondary N) is 1. The van der Waals surface area contributed by atoms with Crippen LogP contribution in [0.2, 0.25) is 0 Å². The second kappa shape index (κ2) is 7.45. The highest BCUT2D eigenvalue weighted by Crippen LogP contribution is 2.35. The van der Waals surface area contributed by atoms with Crippen LogP contribution in [0, 0.1) is 0 Å². The van der Waals surface area contributed by atoms with Crippen LogP contribution in [-0.4, -0.2) is 34.4 Å². The van der Waals surface area contributed by atoms with Gasteiger partial charge in [0.15, 0.2) is 11.5 Å². The normalized spacial score (nSPS) is 17.0. The molecule has 0 atom stereocenters. The van der Waals surface area contributed by atoms with Gasteiger partial charge >= 0.3 is 0 Å². The summed E-state index contributed by atoms with van der Waals surface area (Å²) in [4.78, 5) is 26.6. The Labute approximate surface area is 164 Å². The molecule has 9 heteroatoms. The molecule has 138 valence electrons. The number of thioether (sulfide) groups is 1. The van der Waals surface area contributed by atoms with Gasteiger partial charge in [-0.2, -0.15) is 0 Å². The summed E-state index contributed by atoms with van der Waals surface area (Å²) in [5.41, 5.74) is 0.604. The third-order valence-corrected chi connectivity index (χ3v) is 5.29. The van der Waals surface area contributed by atoms with Gasteiger partial charge in [0.05, 0.1) is 11.2 Å². The zero-order valence-corrected chi connectivity index (χ0v) is 15.6. The van der Waals surface area contributed by atoms with E-state index in [1.54, 1.807) is 36.4 Å². The summed E-state index contributed by atoms with van der Waals surface area (Å²) in [6.45, 7) is 0.378. The Morgan fingerprint density at radius 1 is 1.30 bits per heavy atom. The first kappa shape index (κ1) is 17.6. The number of carbonyl (C=O) groups excluding carboxylic acids is 2. The predicted molar refractivity (Wildman–Crippen MR) is 104 cm³/mol. The smallest absolute Gasteiger partial charge is 0.266 e. The standard InChI is InChI=1S/C18H14N2O5S2/c21-16(19-11-3-4-13-14(8-11)25-10-24-13)5-6-20-17(22)15(27-18(20)26)9-12-2-1-7-23-12/h1-4,7-9H,5-6,10H2,(H,19,21)/b15-9+. The zero-order valence-electron chi connectivity index (χ0n) is 14.0. The molecular formula is C18H14N2O5S2. The maximum absolute atomic E-state index is 12.5. The van der Waals surface area contributed by atoms with Gasteiger partial charge in [-0.25, -0.2) is 0 Å². The number of ether oxygens (including phenoxy) is 2. The molecule has 27 heavy (non-hydrogen) atoms. The highest BCUT2D eigenvalue weighted by Gasteiger charge is 2.32. The average molecular weight is 402 g/mol. The largest absolute Gasteiger partial charge is 0.465 e. The summed E-state index contributed by atoms with van der Waals surface area (Å²) >= 11 is 6.46. The third kappa shape index (κ3) is 3.83. The van der Waals surface area contributed by atoms with Crippen molar-refractivity contribution in [1.82, 2.24) is 4.90 Å². The van der Waals surface area contributed by atoms with Crippen LogP contribution in [0.3, 0.4) is 0 Å². The predicted octanol–water partition coefficient (Wildman–Crippen LogP) is 3.24. The maximum atomic E-state index is 12.5. The van der Waals surface area contributed by atoms with Crippen molar-refractivity contribution in [1.29, 1.82) is 0 Å². The van der Waals surface area contributed by atoms with Gasteiger partial charge in [0.1, 0.15) is 10.1 Å². The van der Waals surface area contributed by atoms with E-state index in [0.29, 0.717) is 32.2 Å². The second-order valence-electron chi connectivity index (χ2n) is 5.71. The van der Waals surface area contributed by atoms with Crippen molar-refractivity contribution in [3.8, 4) is 11.5 Å². The van der Waals surface area contributed by atoms with E-state index in [-0.39, 0.29) is 31.6 Å². The van der Waals surface area contributed by atoms with Crippen LogP contribution in [0.5, 0.6) is 11.5 Å². The molecule has 1 N–H and O–H groups in total. The zero-order chi connectivity index (χ0) is 18.8. The molecule has 0 spiro atoms. The summed E-state index contributed by atoms with van der Waals surface area (Å²) < 4.78 is 16.2. The molecular weight excluding hydrogens is 388 g/mol. The van der Waals surface area contributed by atoms with Gasteiger partial charge in [-0.05, 0) is 24.3 Å². The summed E-state index contributed by atoms with van der Waals surface area (Å²) in [7, 11) is 0. The molecule has 1 aromatic heterocycles. The fraction of sp³-hybridized carbons (Fsp3) is 0.167. The lowest BCUT2D eigenvalue weighted by Crippen LogP contribution is -2.31. The van der Waals surface area contributed by atoms with Crippen LogP contribution in [0.15, 0.2) is 45.9 Å². The summed E-state index contributed by atoms with van der Waals surface area (Å²) in [5, 5.41) is 2.78. The first-order chi connectivity index (χ1) is 13.1. The minimum absolute atomic E-state index is 0.120. The van der Waals surface area contributed by atoms with Crippen molar-refractivity contribution >= 4 is 51.9 Å². The molecule has 1 saturated heterocycles. The second-order valence-corrected chi connectivity index (χ2v) is 7.39. The van der Waals surface area contributed by atoms with Gasteiger partial charge in [-0.3, -0.25) is 14.5 Å². The number of anilines is 1. The van der Waals surface area contributed by atoms with Crippen molar-refractivity contribution in [2.24, 2.45) is 0 Å². The fourth-order valence-electron chi connectivity index (χ4n) is 2.61. The van der Waals surface area contributed by atoms with Crippen LogP contribution in [0.4, 0.5) is 5.69 Å². The van der Waals surface area contributed by atoms with Crippen LogP contribution in [0.25, 0.3) is 6.08 Å². The molecule has 0 aliphatic carbocycles. The molecule has 0 bridgehead atoms. The number of rotatable bonds is 5. The summed E-state index contributed by atoms with van der Waals surface area (Å²) in [5.74, 6) is 1.37. The number of fused-ring (bicyclic) bond motifs is 1. The quantitative estimate of drug-likeness (QED) is 0.607. The Bertz CT molecular complexity index is 939. The van der Waals surface area contributed by atoms with Crippen LogP contribution in [0.1, 0.15) is 12.2 Å². The molecule has 2 aliphatic heterocycles. The lowest BCUT2D eigenvalue weighted by molar-refractivity contribution is -0.122. The third-order valence-electron chi connectivity index (χ3n) is 3.91. The van der Waals surface area contributed by atoms with Crippen LogP contribution < -0.4 is 14.8 Å². The molecule has 7 nitrogen and oxygen atoms in total. The van der Waals surface area contributed by atoms with E-state index in [2.05, 4.69) is 5.32 Å². The summed E-state index contributed by atoms with van der Waals surface area (Å²) in [6.07, 6.45) is 3.30. The number of benzene rings is 1. The van der Waals surface area contributed by atoms with Crippen LogP contribution >= 0.6 is 24.0 Å². The van der Waals surface area contributed by atoms with E-state index >= 15 is 0 Å². The van der Waals surface area contributed by atoms with E-state index in [9.17, 15) is 9.59 Å². The number of furan rings is 1. The van der Waals surface area contributed by atoms with Gasteiger partial charge in [-0.1, -0.05) is 24.0 Å². The van der Waals surface area contributed by atoms with Crippen molar-refractivity contribution in [2.75, 3.05) is 18.7 Å². The van der Waals surface area contributed by atoms with Crippen molar-refractivity contribution in [3.05, 3.63) is 47.3 Å². The highest BCUT2D eigenvalue weighted by molar-refractivity contribution is 8.26. The molecule has 2 aliphatic rings.